The molecule has 1 aromatic carbocycles. The van der Waals surface area contributed by atoms with Crippen molar-refractivity contribution in [3.63, 3.8) is 0 Å². The number of fused-ring (bicyclic) bond motifs is 1. The van der Waals surface area contributed by atoms with Crippen LogP contribution in [0.15, 0.2) is 18.3 Å². The van der Waals surface area contributed by atoms with E-state index in [2.05, 4.69) is 9.97 Å². The Morgan fingerprint density at radius 3 is 2.82 bits per heavy atom. The van der Waals surface area contributed by atoms with Crippen molar-refractivity contribution in [3.05, 3.63) is 29.7 Å². The van der Waals surface area contributed by atoms with E-state index in [1.807, 2.05) is 19.1 Å². The van der Waals surface area contributed by atoms with Crippen LogP contribution < -0.4 is 9.47 Å². The third kappa shape index (κ3) is 1.74. The van der Waals surface area contributed by atoms with Gasteiger partial charge in [0.1, 0.15) is 5.82 Å². The van der Waals surface area contributed by atoms with E-state index in [0.29, 0.717) is 5.88 Å². The molecule has 0 unspecified atom stereocenters. The predicted molar refractivity (Wildman–Crippen MR) is 64.4 cm³/mol. The van der Waals surface area contributed by atoms with Crippen LogP contribution in [0.2, 0.25) is 0 Å². The number of rotatable bonds is 2. The quantitative estimate of drug-likeness (QED) is 0.834. The number of halogens is 1. The van der Waals surface area contributed by atoms with Gasteiger partial charge in [0.15, 0.2) is 11.5 Å². The minimum absolute atomic E-state index is 0.286. The minimum Gasteiger partial charge on any atom is -0.454 e. The number of hydrogen-bond donors (Lipinski definition) is 1. The Kier molecular flexibility index (Phi) is 2.44. The number of imidazole rings is 1. The summed E-state index contributed by atoms with van der Waals surface area (Å²) in [6.45, 7) is 2.31. The van der Waals surface area contributed by atoms with Crippen LogP contribution in [-0.4, -0.2) is 16.8 Å². The Labute approximate surface area is 104 Å². The summed E-state index contributed by atoms with van der Waals surface area (Å²) in [5.41, 5.74) is 3.11. The largest absolute Gasteiger partial charge is 0.454 e. The third-order valence-electron chi connectivity index (χ3n) is 2.76. The van der Waals surface area contributed by atoms with Crippen LogP contribution >= 0.6 is 11.6 Å². The zero-order valence-corrected chi connectivity index (χ0v) is 10.0. The van der Waals surface area contributed by atoms with E-state index in [9.17, 15) is 0 Å². The second-order valence-corrected chi connectivity index (χ2v) is 4.16. The van der Waals surface area contributed by atoms with Gasteiger partial charge < -0.3 is 14.5 Å². The molecule has 0 amide bonds. The van der Waals surface area contributed by atoms with Crippen LogP contribution in [0, 0.1) is 6.92 Å². The maximum atomic E-state index is 5.72. The molecule has 0 spiro atoms. The van der Waals surface area contributed by atoms with Gasteiger partial charge in [0, 0.05) is 5.56 Å². The minimum atomic E-state index is 0.286. The number of aromatic nitrogens is 2. The second kappa shape index (κ2) is 3.96. The number of hydrogen-bond acceptors (Lipinski definition) is 3. The molecule has 0 fully saturated rings. The fourth-order valence-corrected chi connectivity index (χ4v) is 2.04. The van der Waals surface area contributed by atoms with Crippen molar-refractivity contribution in [1.29, 1.82) is 0 Å². The number of nitrogens with zero attached hydrogens (tertiary/aromatic N) is 1. The van der Waals surface area contributed by atoms with Crippen molar-refractivity contribution in [2.24, 2.45) is 0 Å². The summed E-state index contributed by atoms with van der Waals surface area (Å²) in [5.74, 6) is 2.71. The lowest BCUT2D eigenvalue weighted by atomic mass is 10.1. The molecule has 0 saturated heterocycles. The first-order valence-electron chi connectivity index (χ1n) is 5.28. The van der Waals surface area contributed by atoms with E-state index in [1.54, 1.807) is 6.20 Å². The van der Waals surface area contributed by atoms with Gasteiger partial charge in [-0.05, 0) is 24.6 Å². The normalized spacial score (nSPS) is 13.1. The molecule has 1 aromatic heterocycles. The van der Waals surface area contributed by atoms with Crippen LogP contribution in [0.4, 0.5) is 0 Å². The average Bonchev–Trinajstić information content (AvgIpc) is 2.94. The Balaban J connectivity index is 2.08. The van der Waals surface area contributed by atoms with Crippen molar-refractivity contribution in [1.82, 2.24) is 9.97 Å². The molecule has 17 heavy (non-hydrogen) atoms. The molecule has 2 heterocycles. The fourth-order valence-electron chi connectivity index (χ4n) is 1.90. The zero-order chi connectivity index (χ0) is 11.8. The first-order valence-corrected chi connectivity index (χ1v) is 5.82. The number of aromatic amines is 1. The zero-order valence-electron chi connectivity index (χ0n) is 9.29. The topological polar surface area (TPSA) is 47.1 Å². The molecule has 0 radical (unpaired) electrons. The SMILES string of the molecule is Cc1cc2c(cc1-c1cnc(CCl)[nH]1)OCO2. The van der Waals surface area contributed by atoms with Crippen LogP contribution in [0.25, 0.3) is 11.3 Å². The predicted octanol–water partition coefficient (Wildman–Crippen LogP) is 2.85. The lowest BCUT2D eigenvalue weighted by Gasteiger charge is -2.05. The van der Waals surface area contributed by atoms with Crippen molar-refractivity contribution >= 4 is 11.6 Å². The molecule has 2 aromatic rings. The van der Waals surface area contributed by atoms with Crippen LogP contribution in [0.3, 0.4) is 0 Å². The highest BCUT2D eigenvalue weighted by molar-refractivity contribution is 6.16. The standard InChI is InChI=1S/C12H11ClN2O2/c1-7-2-10-11(17-6-16-10)3-8(7)9-5-14-12(4-13)15-9/h2-3,5H,4,6H2,1H3,(H,14,15). The first-order chi connectivity index (χ1) is 8.28. The van der Waals surface area contributed by atoms with Gasteiger partial charge in [-0.15, -0.1) is 11.6 Å². The van der Waals surface area contributed by atoms with E-state index >= 15 is 0 Å². The Hall–Kier alpha value is -1.68. The Morgan fingerprint density at radius 2 is 2.12 bits per heavy atom. The lowest BCUT2D eigenvalue weighted by molar-refractivity contribution is 0.174. The summed E-state index contributed by atoms with van der Waals surface area (Å²) in [5, 5.41) is 0. The van der Waals surface area contributed by atoms with Gasteiger partial charge >= 0.3 is 0 Å². The van der Waals surface area contributed by atoms with Gasteiger partial charge in [-0.2, -0.15) is 0 Å². The first kappa shape index (κ1) is 10.5. The monoisotopic (exact) mass is 250 g/mol. The second-order valence-electron chi connectivity index (χ2n) is 3.90. The van der Waals surface area contributed by atoms with Gasteiger partial charge in [-0.1, -0.05) is 0 Å². The molecule has 3 rings (SSSR count). The van der Waals surface area contributed by atoms with Gasteiger partial charge in [0.05, 0.1) is 17.8 Å². The molecule has 1 aliphatic heterocycles. The van der Waals surface area contributed by atoms with Crippen LogP contribution in [0.1, 0.15) is 11.4 Å². The molecule has 1 aliphatic rings. The summed E-state index contributed by atoms with van der Waals surface area (Å²) in [4.78, 5) is 7.36. The molecule has 0 atom stereocenters. The maximum absolute atomic E-state index is 5.72. The number of alkyl halides is 1. The van der Waals surface area contributed by atoms with E-state index in [1.165, 1.54) is 0 Å². The maximum Gasteiger partial charge on any atom is 0.231 e. The molecular weight excluding hydrogens is 240 g/mol. The summed E-state index contributed by atoms with van der Waals surface area (Å²) in [6, 6.07) is 3.93. The number of nitrogens with one attached hydrogen (secondary N) is 1. The van der Waals surface area contributed by atoms with Gasteiger partial charge in [-0.3, -0.25) is 0 Å². The Morgan fingerprint density at radius 1 is 1.35 bits per heavy atom. The van der Waals surface area contributed by atoms with Crippen molar-refractivity contribution in [3.8, 4) is 22.8 Å². The molecule has 0 bridgehead atoms. The summed E-state index contributed by atoms with van der Waals surface area (Å²) >= 11 is 5.72. The smallest absolute Gasteiger partial charge is 0.231 e. The van der Waals surface area contributed by atoms with E-state index in [4.69, 9.17) is 21.1 Å². The van der Waals surface area contributed by atoms with Gasteiger partial charge in [-0.25, -0.2) is 4.98 Å². The average molecular weight is 251 g/mol. The van der Waals surface area contributed by atoms with E-state index in [0.717, 1.165) is 34.1 Å². The molecule has 0 saturated carbocycles. The molecule has 4 nitrogen and oxygen atoms in total. The van der Waals surface area contributed by atoms with Crippen molar-refractivity contribution in [2.45, 2.75) is 12.8 Å². The highest BCUT2D eigenvalue weighted by Crippen LogP contribution is 2.37. The van der Waals surface area contributed by atoms with Crippen molar-refractivity contribution in [2.75, 3.05) is 6.79 Å². The van der Waals surface area contributed by atoms with Crippen LogP contribution in [-0.2, 0) is 5.88 Å². The van der Waals surface area contributed by atoms with E-state index < -0.39 is 0 Å². The summed E-state index contributed by atoms with van der Waals surface area (Å²) in [6.07, 6.45) is 1.78. The third-order valence-corrected chi connectivity index (χ3v) is 3.02. The molecule has 1 N–H and O–H groups in total. The highest BCUT2D eigenvalue weighted by Gasteiger charge is 2.17. The number of aryl methyl sites for hydroxylation is 1. The van der Waals surface area contributed by atoms with Crippen molar-refractivity contribution < 1.29 is 9.47 Å². The number of H-pyrrole nitrogens is 1. The summed E-state index contributed by atoms with van der Waals surface area (Å²) < 4.78 is 10.7. The molecule has 0 aliphatic carbocycles. The van der Waals surface area contributed by atoms with Gasteiger partial charge in [0.25, 0.3) is 0 Å². The van der Waals surface area contributed by atoms with Gasteiger partial charge in [0.2, 0.25) is 6.79 Å². The molecule has 88 valence electrons. The fraction of sp³-hybridized carbons (Fsp3) is 0.250. The number of benzene rings is 1. The molecular formula is C12H11ClN2O2. The van der Waals surface area contributed by atoms with Crippen LogP contribution in [0.5, 0.6) is 11.5 Å². The molecule has 5 heteroatoms. The van der Waals surface area contributed by atoms with E-state index in [-0.39, 0.29) is 6.79 Å². The Bertz CT molecular complexity index is 566. The summed E-state index contributed by atoms with van der Waals surface area (Å²) in [7, 11) is 0. The lowest BCUT2D eigenvalue weighted by Crippen LogP contribution is -1.92. The highest BCUT2D eigenvalue weighted by atomic mass is 35.5. The number of ether oxygens (including phenoxy) is 2.